The van der Waals surface area contributed by atoms with Gasteiger partial charge in [-0.3, -0.25) is 4.79 Å². The second-order valence-corrected chi connectivity index (χ2v) is 6.90. The second kappa shape index (κ2) is 8.34. The molecule has 0 radical (unpaired) electrons. The van der Waals surface area contributed by atoms with Crippen LogP contribution in [0.4, 0.5) is 10.5 Å². The van der Waals surface area contributed by atoms with Crippen LogP contribution in [0.15, 0.2) is 24.3 Å². The highest BCUT2D eigenvalue weighted by atomic mass is 16.3. The molecule has 2 rings (SSSR count). The van der Waals surface area contributed by atoms with E-state index in [4.69, 9.17) is 0 Å². The molecule has 138 valence electrons. The number of benzene rings is 1. The number of anilines is 1. The number of amides is 3. The predicted molar refractivity (Wildman–Crippen MR) is 98.2 cm³/mol. The zero-order valence-corrected chi connectivity index (χ0v) is 15.5. The van der Waals surface area contributed by atoms with Crippen molar-refractivity contribution in [2.75, 3.05) is 18.5 Å². The van der Waals surface area contributed by atoms with Gasteiger partial charge >= 0.3 is 6.03 Å². The number of carbonyl (C=O) groups is 2. The fourth-order valence-electron chi connectivity index (χ4n) is 3.23. The molecule has 1 aromatic carbocycles. The van der Waals surface area contributed by atoms with E-state index in [1.165, 1.54) is 0 Å². The maximum absolute atomic E-state index is 13.2. The number of aliphatic hydroxyl groups excluding tert-OH is 1. The van der Waals surface area contributed by atoms with Gasteiger partial charge in [0.25, 0.3) is 0 Å². The first-order valence-corrected chi connectivity index (χ1v) is 8.97. The number of carbonyl (C=O) groups excluding carboxylic acids is 2. The molecule has 6 nitrogen and oxygen atoms in total. The lowest BCUT2D eigenvalue weighted by molar-refractivity contribution is -0.122. The zero-order valence-electron chi connectivity index (χ0n) is 15.5. The lowest BCUT2D eigenvalue weighted by Gasteiger charge is -2.37. The zero-order chi connectivity index (χ0) is 18.6. The maximum atomic E-state index is 13.2. The van der Waals surface area contributed by atoms with Crippen molar-refractivity contribution in [3.05, 3.63) is 29.8 Å². The molecule has 1 heterocycles. The Morgan fingerprint density at radius 2 is 2.04 bits per heavy atom. The molecule has 2 N–H and O–H groups in total. The van der Waals surface area contributed by atoms with Crippen molar-refractivity contribution in [2.24, 2.45) is 5.92 Å². The monoisotopic (exact) mass is 347 g/mol. The molecule has 25 heavy (non-hydrogen) atoms. The predicted octanol–water partition coefficient (Wildman–Crippen LogP) is 2.68. The molecule has 0 spiro atoms. The van der Waals surface area contributed by atoms with Gasteiger partial charge in [-0.05, 0) is 31.4 Å². The SMILES string of the molecule is CC[C@H](C)[C@H]1C(=O)Nc2ccccc2CN1C(=O)N(CCO)C(C)C. The van der Waals surface area contributed by atoms with Gasteiger partial charge in [0.1, 0.15) is 6.04 Å². The lowest BCUT2D eigenvalue weighted by atomic mass is 9.97. The van der Waals surface area contributed by atoms with Crippen LogP contribution in [0, 0.1) is 5.92 Å². The molecule has 0 saturated carbocycles. The van der Waals surface area contributed by atoms with Gasteiger partial charge in [0.15, 0.2) is 0 Å². The van der Waals surface area contributed by atoms with Crippen molar-refractivity contribution in [2.45, 2.75) is 52.7 Å². The van der Waals surface area contributed by atoms with Gasteiger partial charge in [0.2, 0.25) is 5.91 Å². The summed E-state index contributed by atoms with van der Waals surface area (Å²) < 4.78 is 0. The van der Waals surface area contributed by atoms with Crippen LogP contribution in [-0.4, -0.2) is 52.1 Å². The van der Waals surface area contributed by atoms with E-state index in [0.717, 1.165) is 17.7 Å². The summed E-state index contributed by atoms with van der Waals surface area (Å²) in [6, 6.07) is 6.78. The average Bonchev–Trinajstić information content (AvgIpc) is 2.73. The van der Waals surface area contributed by atoms with E-state index in [-0.39, 0.29) is 37.0 Å². The summed E-state index contributed by atoms with van der Waals surface area (Å²) in [4.78, 5) is 29.4. The van der Waals surface area contributed by atoms with Crippen LogP contribution < -0.4 is 5.32 Å². The largest absolute Gasteiger partial charge is 0.395 e. The molecule has 3 amide bonds. The van der Waals surface area contributed by atoms with E-state index in [1.807, 2.05) is 52.0 Å². The highest BCUT2D eigenvalue weighted by Crippen LogP contribution is 2.28. The van der Waals surface area contributed by atoms with Crippen molar-refractivity contribution in [1.82, 2.24) is 9.80 Å². The molecule has 6 heteroatoms. The third kappa shape index (κ3) is 4.12. The number of para-hydroxylation sites is 1. The molecule has 2 atom stereocenters. The van der Waals surface area contributed by atoms with Gasteiger partial charge in [-0.15, -0.1) is 0 Å². The van der Waals surface area contributed by atoms with Crippen molar-refractivity contribution >= 4 is 17.6 Å². The maximum Gasteiger partial charge on any atom is 0.321 e. The normalized spacial score (nSPS) is 18.4. The van der Waals surface area contributed by atoms with Crippen LogP contribution in [0.25, 0.3) is 0 Å². The highest BCUT2D eigenvalue weighted by molar-refractivity contribution is 5.98. The number of rotatable bonds is 5. The van der Waals surface area contributed by atoms with Crippen LogP contribution in [0.1, 0.15) is 39.7 Å². The number of fused-ring (bicyclic) bond motifs is 1. The first-order chi connectivity index (χ1) is 11.9. The molecule has 0 aliphatic carbocycles. The Morgan fingerprint density at radius 3 is 2.64 bits per heavy atom. The minimum atomic E-state index is -0.537. The Morgan fingerprint density at radius 1 is 1.36 bits per heavy atom. The molecule has 0 bridgehead atoms. The van der Waals surface area contributed by atoms with Crippen molar-refractivity contribution < 1.29 is 14.7 Å². The topological polar surface area (TPSA) is 72.9 Å². The lowest BCUT2D eigenvalue weighted by Crippen LogP contribution is -2.55. The summed E-state index contributed by atoms with van der Waals surface area (Å²) in [6.07, 6.45) is 0.792. The fourth-order valence-corrected chi connectivity index (χ4v) is 3.23. The van der Waals surface area contributed by atoms with Gasteiger partial charge in [0, 0.05) is 18.3 Å². The molecule has 1 aromatic rings. The van der Waals surface area contributed by atoms with Crippen LogP contribution in [0.5, 0.6) is 0 Å². The first kappa shape index (κ1) is 19.2. The van der Waals surface area contributed by atoms with Crippen LogP contribution in [-0.2, 0) is 11.3 Å². The van der Waals surface area contributed by atoms with Crippen molar-refractivity contribution in [3.8, 4) is 0 Å². The molecule has 0 fully saturated rings. The number of nitrogens with zero attached hydrogens (tertiary/aromatic N) is 2. The van der Waals surface area contributed by atoms with Gasteiger partial charge in [0.05, 0.1) is 13.2 Å². The van der Waals surface area contributed by atoms with Crippen LogP contribution >= 0.6 is 0 Å². The smallest absolute Gasteiger partial charge is 0.321 e. The Kier molecular flexibility index (Phi) is 6.42. The van der Waals surface area contributed by atoms with Crippen LogP contribution in [0.3, 0.4) is 0 Å². The second-order valence-electron chi connectivity index (χ2n) is 6.90. The van der Waals surface area contributed by atoms with E-state index in [2.05, 4.69) is 5.32 Å². The minimum absolute atomic E-state index is 0.0291. The highest BCUT2D eigenvalue weighted by Gasteiger charge is 2.38. The number of aliphatic hydroxyl groups is 1. The van der Waals surface area contributed by atoms with E-state index in [9.17, 15) is 14.7 Å². The standard InChI is InChI=1S/C19H29N3O3/c1-5-14(4)17-18(24)20-16-9-7-6-8-15(16)12-22(17)19(25)21(10-11-23)13(2)3/h6-9,13-14,17,23H,5,10-12H2,1-4H3,(H,20,24)/t14-,17-/m0/s1. The van der Waals surface area contributed by atoms with Gasteiger partial charge < -0.3 is 20.2 Å². The molecular formula is C19H29N3O3. The number of nitrogens with one attached hydrogen (secondary N) is 1. The number of hydrogen-bond donors (Lipinski definition) is 2. The van der Waals surface area contributed by atoms with E-state index in [0.29, 0.717) is 6.54 Å². The van der Waals surface area contributed by atoms with Gasteiger partial charge in [-0.2, -0.15) is 0 Å². The molecule has 0 aromatic heterocycles. The Hall–Kier alpha value is -2.08. The summed E-state index contributed by atoms with van der Waals surface area (Å²) in [5, 5.41) is 12.3. The quantitative estimate of drug-likeness (QED) is 0.860. The molecule has 1 aliphatic heterocycles. The Balaban J connectivity index is 2.44. The fraction of sp³-hybridized carbons (Fsp3) is 0.579. The first-order valence-electron chi connectivity index (χ1n) is 8.97. The summed E-state index contributed by atoms with van der Waals surface area (Å²) in [7, 11) is 0. The van der Waals surface area contributed by atoms with Crippen molar-refractivity contribution in [1.29, 1.82) is 0 Å². The Bertz CT molecular complexity index is 618. The molecular weight excluding hydrogens is 318 g/mol. The summed E-state index contributed by atoms with van der Waals surface area (Å²) in [5.41, 5.74) is 1.68. The summed E-state index contributed by atoms with van der Waals surface area (Å²) >= 11 is 0. The van der Waals surface area contributed by atoms with Gasteiger partial charge in [-0.1, -0.05) is 38.5 Å². The van der Waals surface area contributed by atoms with Crippen LogP contribution in [0.2, 0.25) is 0 Å². The summed E-state index contributed by atoms with van der Waals surface area (Å²) in [5.74, 6) is -0.123. The van der Waals surface area contributed by atoms with Gasteiger partial charge in [-0.25, -0.2) is 4.79 Å². The van der Waals surface area contributed by atoms with E-state index in [1.54, 1.807) is 9.80 Å². The third-order valence-electron chi connectivity index (χ3n) is 4.86. The summed E-state index contributed by atoms with van der Waals surface area (Å²) in [6.45, 7) is 8.36. The van der Waals surface area contributed by atoms with E-state index >= 15 is 0 Å². The molecule has 1 aliphatic rings. The number of urea groups is 1. The average molecular weight is 347 g/mol. The minimum Gasteiger partial charge on any atom is -0.395 e. The van der Waals surface area contributed by atoms with E-state index < -0.39 is 6.04 Å². The number of hydrogen-bond acceptors (Lipinski definition) is 3. The third-order valence-corrected chi connectivity index (χ3v) is 4.86. The molecule has 0 unspecified atom stereocenters. The molecule has 0 saturated heterocycles. The Labute approximate surface area is 149 Å². The van der Waals surface area contributed by atoms with Crippen molar-refractivity contribution in [3.63, 3.8) is 0 Å².